The predicted octanol–water partition coefficient (Wildman–Crippen LogP) is 0.307. The number of ether oxygens (including phenoxy) is 1. The molecule has 2 rings (SSSR count). The van der Waals surface area contributed by atoms with Gasteiger partial charge < -0.3 is 20.5 Å². The lowest BCUT2D eigenvalue weighted by Crippen LogP contribution is -2.45. The molecule has 0 aliphatic carbocycles. The Balaban J connectivity index is 1.94. The highest BCUT2D eigenvalue weighted by Crippen LogP contribution is 2.13. The van der Waals surface area contributed by atoms with E-state index >= 15 is 0 Å². The van der Waals surface area contributed by atoms with Crippen molar-refractivity contribution in [3.05, 3.63) is 35.9 Å². The Hall–Kier alpha value is -1.92. The summed E-state index contributed by atoms with van der Waals surface area (Å²) in [5, 5.41) is 14.9. The summed E-state index contributed by atoms with van der Waals surface area (Å²) >= 11 is 0. The number of hydrogen-bond acceptors (Lipinski definition) is 4. The Labute approximate surface area is 117 Å². The average molecular weight is 278 g/mol. The van der Waals surface area contributed by atoms with Crippen molar-refractivity contribution < 1.29 is 19.4 Å². The highest BCUT2D eigenvalue weighted by Gasteiger charge is 2.24. The van der Waals surface area contributed by atoms with Crippen LogP contribution in [0.15, 0.2) is 30.3 Å². The number of carbonyl (C=O) groups is 2. The van der Waals surface area contributed by atoms with Crippen molar-refractivity contribution in [2.45, 2.75) is 18.5 Å². The minimum absolute atomic E-state index is 0.0611. The largest absolute Gasteiger partial charge is 0.479 e. The second kappa shape index (κ2) is 7.02. The number of carbonyl (C=O) groups excluding carboxylic acids is 1. The van der Waals surface area contributed by atoms with Crippen LogP contribution in [-0.4, -0.2) is 42.8 Å². The van der Waals surface area contributed by atoms with Crippen molar-refractivity contribution in [1.29, 1.82) is 0 Å². The van der Waals surface area contributed by atoms with Crippen LogP contribution in [0.5, 0.6) is 0 Å². The van der Waals surface area contributed by atoms with Crippen LogP contribution in [-0.2, 0) is 14.3 Å². The molecule has 2 unspecified atom stereocenters. The highest BCUT2D eigenvalue weighted by molar-refractivity contribution is 5.84. The minimum Gasteiger partial charge on any atom is -0.479 e. The number of amides is 1. The van der Waals surface area contributed by atoms with Crippen molar-refractivity contribution in [2.75, 3.05) is 19.8 Å². The molecule has 20 heavy (non-hydrogen) atoms. The Morgan fingerprint density at radius 2 is 2.15 bits per heavy atom. The van der Waals surface area contributed by atoms with E-state index < -0.39 is 12.0 Å². The fourth-order valence-electron chi connectivity index (χ4n) is 2.13. The number of carboxylic acid groups (broad SMARTS) is 1. The van der Waals surface area contributed by atoms with Crippen LogP contribution < -0.4 is 10.6 Å². The topological polar surface area (TPSA) is 87.7 Å². The maximum absolute atomic E-state index is 11.9. The first-order valence-electron chi connectivity index (χ1n) is 6.55. The molecule has 1 heterocycles. The molecule has 2 atom stereocenters. The number of nitrogens with one attached hydrogen (secondary N) is 2. The van der Waals surface area contributed by atoms with Gasteiger partial charge in [0.2, 0.25) is 5.91 Å². The third-order valence-corrected chi connectivity index (χ3v) is 3.12. The maximum Gasteiger partial charge on any atom is 0.330 e. The third-order valence-electron chi connectivity index (χ3n) is 3.12. The standard InChI is InChI=1S/C14H18N2O4/c17-12(8-11-9-20-7-6-15-11)16-13(14(18)19)10-4-2-1-3-5-10/h1-5,11,13,15H,6-9H2,(H,16,17)(H,18,19). The molecular formula is C14H18N2O4. The number of hydrogen-bond donors (Lipinski definition) is 3. The molecule has 108 valence electrons. The van der Waals surface area contributed by atoms with Gasteiger partial charge in [0.25, 0.3) is 0 Å². The Morgan fingerprint density at radius 1 is 1.40 bits per heavy atom. The Bertz CT molecular complexity index is 458. The molecule has 1 aromatic carbocycles. The van der Waals surface area contributed by atoms with Crippen LogP contribution in [0.2, 0.25) is 0 Å². The second-order valence-electron chi connectivity index (χ2n) is 4.68. The van der Waals surface area contributed by atoms with Gasteiger partial charge in [-0.3, -0.25) is 4.79 Å². The van der Waals surface area contributed by atoms with E-state index in [0.717, 1.165) is 0 Å². The lowest BCUT2D eigenvalue weighted by molar-refractivity contribution is -0.142. The van der Waals surface area contributed by atoms with Crippen LogP contribution in [0.4, 0.5) is 0 Å². The molecule has 0 saturated carbocycles. The van der Waals surface area contributed by atoms with Gasteiger partial charge >= 0.3 is 5.97 Å². The minimum atomic E-state index is -1.07. The van der Waals surface area contributed by atoms with E-state index in [0.29, 0.717) is 25.3 Å². The van der Waals surface area contributed by atoms with E-state index in [1.807, 2.05) is 0 Å². The van der Waals surface area contributed by atoms with Crippen molar-refractivity contribution in [1.82, 2.24) is 10.6 Å². The highest BCUT2D eigenvalue weighted by atomic mass is 16.5. The number of aliphatic carboxylic acids is 1. The summed E-state index contributed by atoms with van der Waals surface area (Å²) in [5.41, 5.74) is 0.557. The van der Waals surface area contributed by atoms with E-state index in [9.17, 15) is 14.7 Å². The molecule has 1 aromatic rings. The Kier molecular flexibility index (Phi) is 5.09. The van der Waals surface area contributed by atoms with Crippen molar-refractivity contribution in [2.24, 2.45) is 0 Å². The zero-order valence-corrected chi connectivity index (χ0v) is 11.0. The van der Waals surface area contributed by atoms with E-state index in [2.05, 4.69) is 10.6 Å². The van der Waals surface area contributed by atoms with E-state index in [-0.39, 0.29) is 18.4 Å². The smallest absolute Gasteiger partial charge is 0.330 e. The van der Waals surface area contributed by atoms with Crippen LogP contribution in [0.1, 0.15) is 18.0 Å². The molecule has 6 heteroatoms. The normalized spacial score (nSPS) is 20.1. The number of morpholine rings is 1. The first kappa shape index (κ1) is 14.5. The van der Waals surface area contributed by atoms with Gasteiger partial charge in [0.1, 0.15) is 0 Å². The van der Waals surface area contributed by atoms with Gasteiger partial charge in [-0.1, -0.05) is 30.3 Å². The summed E-state index contributed by atoms with van der Waals surface area (Å²) in [6.45, 7) is 1.81. The SMILES string of the molecule is O=C(CC1COCCN1)NC(C(=O)O)c1ccccc1. The van der Waals surface area contributed by atoms with Crippen molar-refractivity contribution in [3.8, 4) is 0 Å². The summed E-state index contributed by atoms with van der Waals surface area (Å²) < 4.78 is 5.26. The first-order chi connectivity index (χ1) is 9.66. The zero-order valence-electron chi connectivity index (χ0n) is 11.0. The van der Waals surface area contributed by atoms with Gasteiger partial charge in [-0.25, -0.2) is 4.79 Å². The van der Waals surface area contributed by atoms with Crippen molar-refractivity contribution in [3.63, 3.8) is 0 Å². The summed E-state index contributed by atoms with van der Waals surface area (Å²) in [6, 6.07) is 7.57. The molecular weight excluding hydrogens is 260 g/mol. The molecule has 1 aliphatic rings. The van der Waals surface area contributed by atoms with Gasteiger partial charge in [-0.15, -0.1) is 0 Å². The van der Waals surface area contributed by atoms with Gasteiger partial charge in [-0.2, -0.15) is 0 Å². The lowest BCUT2D eigenvalue weighted by Gasteiger charge is -2.24. The first-order valence-corrected chi connectivity index (χ1v) is 6.55. The van der Waals surface area contributed by atoms with Gasteiger partial charge in [-0.05, 0) is 5.56 Å². The molecule has 1 saturated heterocycles. The van der Waals surface area contributed by atoms with E-state index in [4.69, 9.17) is 4.74 Å². The third kappa shape index (κ3) is 4.04. The fourth-order valence-corrected chi connectivity index (χ4v) is 2.13. The quantitative estimate of drug-likeness (QED) is 0.721. The summed E-state index contributed by atoms with van der Waals surface area (Å²) in [7, 11) is 0. The summed E-state index contributed by atoms with van der Waals surface area (Å²) in [6.07, 6.45) is 0.205. The molecule has 1 amide bonds. The zero-order chi connectivity index (χ0) is 14.4. The molecule has 0 aromatic heterocycles. The van der Waals surface area contributed by atoms with Gasteiger partial charge in [0, 0.05) is 19.0 Å². The molecule has 0 radical (unpaired) electrons. The molecule has 0 bridgehead atoms. The molecule has 6 nitrogen and oxygen atoms in total. The maximum atomic E-state index is 11.9. The van der Waals surface area contributed by atoms with Gasteiger partial charge in [0.05, 0.1) is 13.2 Å². The average Bonchev–Trinajstić information content (AvgIpc) is 2.46. The second-order valence-corrected chi connectivity index (χ2v) is 4.68. The van der Waals surface area contributed by atoms with E-state index in [1.165, 1.54) is 0 Å². The number of carboxylic acids is 1. The molecule has 0 spiro atoms. The summed E-state index contributed by atoms with van der Waals surface area (Å²) in [5.74, 6) is -1.37. The van der Waals surface area contributed by atoms with E-state index in [1.54, 1.807) is 30.3 Å². The monoisotopic (exact) mass is 278 g/mol. The summed E-state index contributed by atoms with van der Waals surface area (Å²) in [4.78, 5) is 23.2. The van der Waals surface area contributed by atoms with Crippen LogP contribution >= 0.6 is 0 Å². The lowest BCUT2D eigenvalue weighted by atomic mass is 10.1. The molecule has 1 fully saturated rings. The Morgan fingerprint density at radius 3 is 2.75 bits per heavy atom. The van der Waals surface area contributed by atoms with Crippen LogP contribution in [0, 0.1) is 0 Å². The van der Waals surface area contributed by atoms with Crippen LogP contribution in [0.3, 0.4) is 0 Å². The number of rotatable bonds is 5. The number of benzene rings is 1. The molecule has 3 N–H and O–H groups in total. The predicted molar refractivity (Wildman–Crippen MR) is 72.2 cm³/mol. The molecule has 1 aliphatic heterocycles. The van der Waals surface area contributed by atoms with Crippen LogP contribution in [0.25, 0.3) is 0 Å². The van der Waals surface area contributed by atoms with Crippen molar-refractivity contribution >= 4 is 11.9 Å². The van der Waals surface area contributed by atoms with Gasteiger partial charge in [0.15, 0.2) is 6.04 Å². The fraction of sp³-hybridized carbons (Fsp3) is 0.429.